The van der Waals surface area contributed by atoms with Crippen LogP contribution in [0, 0.1) is 0 Å². The zero-order valence-electron chi connectivity index (χ0n) is 13.8. The maximum atomic E-state index is 12.3. The molecule has 140 valence electrons. The molecule has 0 spiro atoms. The van der Waals surface area contributed by atoms with Gasteiger partial charge in [0.25, 0.3) is 15.9 Å². The van der Waals surface area contributed by atoms with Crippen LogP contribution < -0.4 is 19.5 Å². The molecule has 0 unspecified atom stereocenters. The van der Waals surface area contributed by atoms with Crippen molar-refractivity contribution in [2.45, 2.75) is 11.6 Å². The third kappa shape index (κ3) is 3.66. The number of anilines is 1. The quantitative estimate of drug-likeness (QED) is 0.663. The van der Waals surface area contributed by atoms with Crippen LogP contribution in [-0.4, -0.2) is 21.1 Å². The molecule has 0 fully saturated rings. The SMILES string of the molecule is O=C(Nc1ccc2c(c1)OCO2)c1ccc(S(=O)(=O)NCc2ccco2)o1. The van der Waals surface area contributed by atoms with Crippen molar-refractivity contribution in [3.05, 3.63) is 60.2 Å². The van der Waals surface area contributed by atoms with Crippen molar-refractivity contribution >= 4 is 21.6 Å². The Balaban J connectivity index is 1.44. The van der Waals surface area contributed by atoms with Crippen LogP contribution in [0.3, 0.4) is 0 Å². The fraction of sp³-hybridized carbons (Fsp3) is 0.118. The first-order valence-electron chi connectivity index (χ1n) is 7.84. The standard InChI is InChI=1S/C17H14N2O7S/c20-17(19-11-3-4-13-15(8-11)25-10-24-13)14-5-6-16(26-14)27(21,22)18-9-12-2-1-7-23-12/h1-8,18H,9-10H2,(H,19,20). The molecule has 0 atom stereocenters. The highest BCUT2D eigenvalue weighted by Gasteiger charge is 2.22. The number of rotatable bonds is 6. The molecule has 3 aromatic rings. The van der Waals surface area contributed by atoms with Gasteiger partial charge in [0, 0.05) is 11.8 Å². The Labute approximate surface area is 153 Å². The van der Waals surface area contributed by atoms with E-state index in [9.17, 15) is 13.2 Å². The van der Waals surface area contributed by atoms with Gasteiger partial charge in [-0.15, -0.1) is 0 Å². The number of carbonyl (C=O) groups is 1. The summed E-state index contributed by atoms with van der Waals surface area (Å²) in [6, 6.07) is 10.7. The van der Waals surface area contributed by atoms with Crippen LogP contribution in [0.4, 0.5) is 5.69 Å². The number of amides is 1. The normalized spacial score (nSPS) is 12.9. The molecule has 1 amide bonds. The second-order valence-electron chi connectivity index (χ2n) is 5.54. The zero-order valence-corrected chi connectivity index (χ0v) is 14.6. The fourth-order valence-corrected chi connectivity index (χ4v) is 3.33. The predicted molar refractivity (Wildman–Crippen MR) is 92.0 cm³/mol. The fourth-order valence-electron chi connectivity index (χ4n) is 2.40. The second kappa shape index (κ2) is 6.82. The Kier molecular flexibility index (Phi) is 4.34. The van der Waals surface area contributed by atoms with Gasteiger partial charge in [-0.05, 0) is 36.4 Å². The lowest BCUT2D eigenvalue weighted by atomic mass is 10.2. The summed E-state index contributed by atoms with van der Waals surface area (Å²) in [6.45, 7) is 0.0892. The highest BCUT2D eigenvalue weighted by atomic mass is 32.2. The Morgan fingerprint density at radius 2 is 1.93 bits per heavy atom. The molecule has 3 heterocycles. The van der Waals surface area contributed by atoms with Crippen LogP contribution in [0.1, 0.15) is 16.3 Å². The average Bonchev–Trinajstić information content (AvgIpc) is 3.40. The molecule has 1 aromatic carbocycles. The molecule has 27 heavy (non-hydrogen) atoms. The molecule has 0 radical (unpaired) electrons. The van der Waals surface area contributed by atoms with Crippen molar-refractivity contribution in [1.82, 2.24) is 4.72 Å². The highest BCUT2D eigenvalue weighted by molar-refractivity contribution is 7.89. The number of hydrogen-bond acceptors (Lipinski definition) is 7. The molecular formula is C17H14N2O7S. The van der Waals surface area contributed by atoms with Crippen LogP contribution in [0.15, 0.2) is 62.7 Å². The molecule has 0 bridgehead atoms. The van der Waals surface area contributed by atoms with Gasteiger partial charge in [0.2, 0.25) is 11.9 Å². The number of hydrogen-bond donors (Lipinski definition) is 2. The van der Waals surface area contributed by atoms with Crippen molar-refractivity contribution in [3.8, 4) is 11.5 Å². The number of furan rings is 2. The van der Waals surface area contributed by atoms with Crippen molar-refractivity contribution in [2.24, 2.45) is 0 Å². The maximum Gasteiger partial charge on any atom is 0.291 e. The molecule has 2 N–H and O–H groups in total. The number of carbonyl (C=O) groups excluding carboxylic acids is 1. The second-order valence-corrected chi connectivity index (χ2v) is 7.24. The third-order valence-corrected chi connectivity index (χ3v) is 4.99. The van der Waals surface area contributed by atoms with E-state index in [1.807, 2.05) is 0 Å². The third-order valence-electron chi connectivity index (χ3n) is 3.72. The Morgan fingerprint density at radius 3 is 2.74 bits per heavy atom. The average molecular weight is 390 g/mol. The van der Waals surface area contributed by atoms with E-state index in [4.69, 9.17) is 18.3 Å². The summed E-state index contributed by atoms with van der Waals surface area (Å²) in [4.78, 5) is 12.3. The molecule has 0 saturated carbocycles. The monoisotopic (exact) mass is 390 g/mol. The van der Waals surface area contributed by atoms with E-state index in [0.29, 0.717) is 22.9 Å². The summed E-state index contributed by atoms with van der Waals surface area (Å²) >= 11 is 0. The van der Waals surface area contributed by atoms with Crippen LogP contribution >= 0.6 is 0 Å². The lowest BCUT2D eigenvalue weighted by molar-refractivity contribution is 0.0991. The molecule has 10 heteroatoms. The van der Waals surface area contributed by atoms with Crippen molar-refractivity contribution in [2.75, 3.05) is 12.1 Å². The van der Waals surface area contributed by atoms with E-state index >= 15 is 0 Å². The summed E-state index contributed by atoms with van der Waals surface area (Å²) in [6.07, 6.45) is 1.44. The molecular weight excluding hydrogens is 376 g/mol. The Morgan fingerprint density at radius 1 is 1.07 bits per heavy atom. The number of fused-ring (bicyclic) bond motifs is 1. The van der Waals surface area contributed by atoms with E-state index < -0.39 is 15.9 Å². The van der Waals surface area contributed by atoms with Gasteiger partial charge in [-0.3, -0.25) is 4.79 Å². The summed E-state index contributed by atoms with van der Waals surface area (Å²) in [5.41, 5.74) is 0.459. The summed E-state index contributed by atoms with van der Waals surface area (Å²) in [5, 5.41) is 2.24. The van der Waals surface area contributed by atoms with E-state index in [1.165, 1.54) is 18.4 Å². The smallest absolute Gasteiger partial charge is 0.291 e. The summed E-state index contributed by atoms with van der Waals surface area (Å²) < 4.78 is 47.5. The lowest BCUT2D eigenvalue weighted by Gasteiger charge is -2.05. The Hall–Kier alpha value is -3.24. The van der Waals surface area contributed by atoms with Crippen LogP contribution in [-0.2, 0) is 16.6 Å². The lowest BCUT2D eigenvalue weighted by Crippen LogP contribution is -2.22. The maximum absolute atomic E-state index is 12.3. The molecule has 2 aromatic heterocycles. The Bertz CT molecular complexity index is 1070. The van der Waals surface area contributed by atoms with E-state index in [0.717, 1.165) is 0 Å². The first kappa shape index (κ1) is 17.2. The zero-order chi connectivity index (χ0) is 18.9. The van der Waals surface area contributed by atoms with E-state index in [2.05, 4.69) is 10.0 Å². The van der Waals surface area contributed by atoms with E-state index in [1.54, 1.807) is 30.3 Å². The van der Waals surface area contributed by atoms with Gasteiger partial charge in [0.15, 0.2) is 17.3 Å². The number of benzene rings is 1. The molecule has 4 rings (SSSR count). The van der Waals surface area contributed by atoms with Crippen LogP contribution in [0.2, 0.25) is 0 Å². The minimum atomic E-state index is -3.92. The van der Waals surface area contributed by atoms with Gasteiger partial charge in [-0.25, -0.2) is 13.1 Å². The van der Waals surface area contributed by atoms with E-state index in [-0.39, 0.29) is 24.2 Å². The van der Waals surface area contributed by atoms with Gasteiger partial charge in [-0.1, -0.05) is 0 Å². The summed E-state index contributed by atoms with van der Waals surface area (Å²) in [5.74, 6) is 0.804. The molecule has 0 aliphatic carbocycles. The minimum Gasteiger partial charge on any atom is -0.468 e. The van der Waals surface area contributed by atoms with Gasteiger partial charge in [-0.2, -0.15) is 0 Å². The number of nitrogens with one attached hydrogen (secondary N) is 2. The predicted octanol–water partition coefficient (Wildman–Crippen LogP) is 2.33. The van der Waals surface area contributed by atoms with Crippen molar-refractivity contribution in [3.63, 3.8) is 0 Å². The van der Waals surface area contributed by atoms with Crippen molar-refractivity contribution < 1.29 is 31.5 Å². The first-order chi connectivity index (χ1) is 13.0. The van der Waals surface area contributed by atoms with Gasteiger partial charge >= 0.3 is 0 Å². The topological polar surface area (TPSA) is 120 Å². The molecule has 0 saturated heterocycles. The molecule has 1 aliphatic heterocycles. The number of sulfonamides is 1. The van der Waals surface area contributed by atoms with Crippen LogP contribution in [0.25, 0.3) is 0 Å². The van der Waals surface area contributed by atoms with Gasteiger partial charge in [0.05, 0.1) is 12.8 Å². The molecule has 9 nitrogen and oxygen atoms in total. The molecule has 1 aliphatic rings. The van der Waals surface area contributed by atoms with Gasteiger partial charge in [0.1, 0.15) is 5.76 Å². The summed E-state index contributed by atoms with van der Waals surface area (Å²) in [7, 11) is -3.92. The highest BCUT2D eigenvalue weighted by Crippen LogP contribution is 2.34. The first-order valence-corrected chi connectivity index (χ1v) is 9.32. The van der Waals surface area contributed by atoms with Crippen molar-refractivity contribution in [1.29, 1.82) is 0 Å². The largest absolute Gasteiger partial charge is 0.468 e. The minimum absolute atomic E-state index is 0.0330. The number of ether oxygens (including phenoxy) is 2. The van der Waals surface area contributed by atoms with Crippen LogP contribution in [0.5, 0.6) is 11.5 Å². The van der Waals surface area contributed by atoms with Gasteiger partial charge < -0.3 is 23.6 Å².